The van der Waals surface area contributed by atoms with Crippen LogP contribution in [0.25, 0.3) is 0 Å². The fourth-order valence-electron chi connectivity index (χ4n) is 2.86. The molecule has 5 nitrogen and oxygen atoms in total. The zero-order valence-electron chi connectivity index (χ0n) is 10.9. The van der Waals surface area contributed by atoms with Gasteiger partial charge in [0.05, 0.1) is 16.9 Å². The Labute approximate surface area is 109 Å². The summed E-state index contributed by atoms with van der Waals surface area (Å²) < 4.78 is 22.7. The summed E-state index contributed by atoms with van der Waals surface area (Å²) in [4.78, 5) is 12.2. The molecule has 0 radical (unpaired) electrons. The van der Waals surface area contributed by atoms with Crippen molar-refractivity contribution >= 4 is 15.7 Å². The van der Waals surface area contributed by atoms with Gasteiger partial charge in [-0.2, -0.15) is 0 Å². The van der Waals surface area contributed by atoms with Crippen molar-refractivity contribution in [3.05, 3.63) is 0 Å². The van der Waals surface area contributed by atoms with Crippen molar-refractivity contribution < 1.29 is 13.2 Å². The van der Waals surface area contributed by atoms with Gasteiger partial charge in [-0.1, -0.05) is 6.92 Å². The molecule has 0 saturated carbocycles. The van der Waals surface area contributed by atoms with Crippen LogP contribution in [-0.2, 0) is 14.6 Å². The third-order valence-corrected chi connectivity index (χ3v) is 6.12. The van der Waals surface area contributed by atoms with Crippen LogP contribution in [0.15, 0.2) is 0 Å². The Kier molecular flexibility index (Phi) is 3.96. The molecule has 2 N–H and O–H groups in total. The van der Waals surface area contributed by atoms with E-state index in [1.165, 1.54) is 0 Å². The van der Waals surface area contributed by atoms with Crippen molar-refractivity contribution in [2.24, 2.45) is 11.3 Å². The molecule has 2 heterocycles. The maximum atomic E-state index is 12.2. The zero-order chi connectivity index (χ0) is 13.2. The molecular formula is C12H22N2O3S. The van der Waals surface area contributed by atoms with Crippen LogP contribution in [0.2, 0.25) is 0 Å². The molecule has 18 heavy (non-hydrogen) atoms. The van der Waals surface area contributed by atoms with E-state index in [0.717, 1.165) is 25.9 Å². The lowest BCUT2D eigenvalue weighted by molar-refractivity contribution is -0.130. The molecule has 2 saturated heterocycles. The molecule has 2 aliphatic rings. The Morgan fingerprint density at radius 2 is 2.28 bits per heavy atom. The minimum Gasteiger partial charge on any atom is -0.355 e. The summed E-state index contributed by atoms with van der Waals surface area (Å²) in [6.07, 6.45) is 2.38. The van der Waals surface area contributed by atoms with Gasteiger partial charge in [0.15, 0.2) is 9.84 Å². The molecule has 6 heteroatoms. The molecule has 2 atom stereocenters. The van der Waals surface area contributed by atoms with E-state index in [1.807, 2.05) is 6.92 Å². The SMILES string of the molecule is CCC1(C(=O)NCC2CCS(=O)(=O)C2)CCNC1. The van der Waals surface area contributed by atoms with Crippen molar-refractivity contribution in [2.45, 2.75) is 26.2 Å². The third kappa shape index (κ3) is 2.85. The molecule has 0 aromatic heterocycles. The highest BCUT2D eigenvalue weighted by molar-refractivity contribution is 7.91. The fourth-order valence-corrected chi connectivity index (χ4v) is 4.72. The summed E-state index contributed by atoms with van der Waals surface area (Å²) in [5, 5.41) is 6.18. The maximum absolute atomic E-state index is 12.2. The van der Waals surface area contributed by atoms with Gasteiger partial charge >= 0.3 is 0 Å². The summed E-state index contributed by atoms with van der Waals surface area (Å²) in [5.41, 5.74) is -0.280. The van der Waals surface area contributed by atoms with Crippen LogP contribution < -0.4 is 10.6 Å². The predicted molar refractivity (Wildman–Crippen MR) is 70.0 cm³/mol. The number of nitrogens with one attached hydrogen (secondary N) is 2. The average molecular weight is 274 g/mol. The van der Waals surface area contributed by atoms with Gasteiger partial charge in [0, 0.05) is 13.1 Å². The van der Waals surface area contributed by atoms with Crippen LogP contribution in [0.1, 0.15) is 26.2 Å². The smallest absolute Gasteiger partial charge is 0.227 e. The Bertz CT molecular complexity index is 413. The van der Waals surface area contributed by atoms with Gasteiger partial charge in [-0.15, -0.1) is 0 Å². The number of rotatable bonds is 4. The van der Waals surface area contributed by atoms with E-state index < -0.39 is 9.84 Å². The second-order valence-electron chi connectivity index (χ2n) is 5.54. The number of hydrogen-bond acceptors (Lipinski definition) is 4. The lowest BCUT2D eigenvalue weighted by Gasteiger charge is -2.26. The Morgan fingerprint density at radius 1 is 1.50 bits per heavy atom. The number of carbonyl (C=O) groups excluding carboxylic acids is 1. The summed E-state index contributed by atoms with van der Waals surface area (Å²) in [5.74, 6) is 0.681. The van der Waals surface area contributed by atoms with Gasteiger partial charge in [-0.3, -0.25) is 4.79 Å². The van der Waals surface area contributed by atoms with Gasteiger partial charge in [0.25, 0.3) is 0 Å². The maximum Gasteiger partial charge on any atom is 0.227 e. The average Bonchev–Trinajstić information content (AvgIpc) is 2.93. The van der Waals surface area contributed by atoms with Gasteiger partial charge in [0.1, 0.15) is 0 Å². The first kappa shape index (κ1) is 13.8. The second kappa shape index (κ2) is 5.17. The van der Waals surface area contributed by atoms with Crippen molar-refractivity contribution in [3.8, 4) is 0 Å². The Balaban J connectivity index is 1.85. The van der Waals surface area contributed by atoms with Gasteiger partial charge < -0.3 is 10.6 Å². The first-order valence-electron chi connectivity index (χ1n) is 6.67. The number of carbonyl (C=O) groups is 1. The molecule has 1 amide bonds. The molecule has 0 aromatic carbocycles. The summed E-state index contributed by atoms with van der Waals surface area (Å²) in [6, 6.07) is 0. The van der Waals surface area contributed by atoms with Crippen LogP contribution >= 0.6 is 0 Å². The lowest BCUT2D eigenvalue weighted by Crippen LogP contribution is -2.43. The summed E-state index contributed by atoms with van der Waals surface area (Å²) >= 11 is 0. The van der Waals surface area contributed by atoms with Crippen molar-refractivity contribution in [2.75, 3.05) is 31.1 Å². The first-order chi connectivity index (χ1) is 8.47. The minimum absolute atomic E-state index is 0.0827. The monoisotopic (exact) mass is 274 g/mol. The van der Waals surface area contributed by atoms with Crippen LogP contribution in [-0.4, -0.2) is 45.5 Å². The normalized spacial score (nSPS) is 34.6. The predicted octanol–water partition coefficient (Wildman–Crippen LogP) is -0.0730. The molecule has 0 aromatic rings. The lowest BCUT2D eigenvalue weighted by atomic mass is 9.83. The van der Waals surface area contributed by atoms with E-state index in [1.54, 1.807) is 0 Å². The molecule has 104 valence electrons. The van der Waals surface area contributed by atoms with E-state index in [0.29, 0.717) is 13.0 Å². The van der Waals surface area contributed by atoms with Gasteiger partial charge in [-0.05, 0) is 31.7 Å². The van der Waals surface area contributed by atoms with E-state index in [9.17, 15) is 13.2 Å². The van der Waals surface area contributed by atoms with E-state index in [4.69, 9.17) is 0 Å². The largest absolute Gasteiger partial charge is 0.355 e. The number of sulfone groups is 1. The standard InChI is InChI=1S/C12H22N2O3S/c1-2-12(4-5-13-9-12)11(15)14-7-10-3-6-18(16,17)8-10/h10,13H,2-9H2,1H3,(H,14,15). The minimum atomic E-state index is -2.85. The topological polar surface area (TPSA) is 75.3 Å². The molecule has 2 rings (SSSR count). The van der Waals surface area contributed by atoms with Gasteiger partial charge in [0.2, 0.25) is 5.91 Å². The highest BCUT2D eigenvalue weighted by Gasteiger charge is 2.39. The van der Waals surface area contributed by atoms with Crippen LogP contribution in [0.3, 0.4) is 0 Å². The van der Waals surface area contributed by atoms with Crippen molar-refractivity contribution in [1.82, 2.24) is 10.6 Å². The van der Waals surface area contributed by atoms with E-state index >= 15 is 0 Å². The molecule has 2 fully saturated rings. The van der Waals surface area contributed by atoms with Gasteiger partial charge in [-0.25, -0.2) is 8.42 Å². The Hall–Kier alpha value is -0.620. The van der Waals surface area contributed by atoms with Crippen LogP contribution in [0.4, 0.5) is 0 Å². The fraction of sp³-hybridized carbons (Fsp3) is 0.917. The highest BCUT2D eigenvalue weighted by Crippen LogP contribution is 2.29. The molecular weight excluding hydrogens is 252 g/mol. The Morgan fingerprint density at radius 3 is 2.78 bits per heavy atom. The summed E-state index contributed by atoms with van der Waals surface area (Å²) in [6.45, 7) is 4.16. The second-order valence-corrected chi connectivity index (χ2v) is 7.77. The summed E-state index contributed by atoms with van der Waals surface area (Å²) in [7, 11) is -2.85. The molecule has 2 aliphatic heterocycles. The number of amides is 1. The quantitative estimate of drug-likeness (QED) is 0.752. The third-order valence-electron chi connectivity index (χ3n) is 4.28. The molecule has 0 aliphatic carbocycles. The van der Waals surface area contributed by atoms with Crippen molar-refractivity contribution in [3.63, 3.8) is 0 Å². The molecule has 0 bridgehead atoms. The van der Waals surface area contributed by atoms with Crippen LogP contribution in [0.5, 0.6) is 0 Å². The highest BCUT2D eigenvalue weighted by atomic mass is 32.2. The number of hydrogen-bond donors (Lipinski definition) is 2. The first-order valence-corrected chi connectivity index (χ1v) is 8.49. The molecule has 0 spiro atoms. The van der Waals surface area contributed by atoms with Crippen LogP contribution in [0, 0.1) is 11.3 Å². The zero-order valence-corrected chi connectivity index (χ0v) is 11.7. The van der Waals surface area contributed by atoms with Crippen molar-refractivity contribution in [1.29, 1.82) is 0 Å². The molecule has 2 unspecified atom stereocenters. The van der Waals surface area contributed by atoms with E-state index in [2.05, 4.69) is 10.6 Å². The van der Waals surface area contributed by atoms with E-state index in [-0.39, 0.29) is 28.7 Å².